The predicted octanol–water partition coefficient (Wildman–Crippen LogP) is 3.24. The molecule has 6 nitrogen and oxygen atoms in total. The van der Waals surface area contributed by atoms with E-state index < -0.39 is 0 Å². The van der Waals surface area contributed by atoms with E-state index in [0.29, 0.717) is 29.7 Å². The van der Waals surface area contributed by atoms with Crippen LogP contribution in [0.3, 0.4) is 0 Å². The molecule has 0 bridgehead atoms. The molecule has 0 N–H and O–H groups in total. The molecule has 3 heterocycles. The standard InChI is InChI=1S/C18H21N3O3/c1-10-11(2)23-16-13(10)6-4-7-14(16)18(22)21-9-5-8-15(21)17-19-12(3)24-20-17/h4,6-7,10-11,15H,5,8-9H2,1-3H3/t10-,11-,15-/m0/s1. The van der Waals surface area contributed by atoms with Gasteiger partial charge in [-0.2, -0.15) is 4.98 Å². The van der Waals surface area contributed by atoms with Gasteiger partial charge in [0.25, 0.3) is 5.91 Å². The Hall–Kier alpha value is -2.37. The smallest absolute Gasteiger partial charge is 0.258 e. The molecule has 3 atom stereocenters. The maximum atomic E-state index is 13.2. The van der Waals surface area contributed by atoms with Gasteiger partial charge < -0.3 is 14.2 Å². The molecule has 0 aliphatic carbocycles. The van der Waals surface area contributed by atoms with Gasteiger partial charge in [0.2, 0.25) is 5.89 Å². The second kappa shape index (κ2) is 5.61. The molecular formula is C18H21N3O3. The lowest BCUT2D eigenvalue weighted by molar-refractivity contribution is 0.0723. The minimum absolute atomic E-state index is 0.0156. The molecule has 0 unspecified atom stereocenters. The maximum Gasteiger partial charge on any atom is 0.258 e. The van der Waals surface area contributed by atoms with E-state index in [1.165, 1.54) is 0 Å². The first-order valence-electron chi connectivity index (χ1n) is 8.47. The monoisotopic (exact) mass is 327 g/mol. The van der Waals surface area contributed by atoms with Crippen LogP contribution in [-0.4, -0.2) is 33.6 Å². The van der Waals surface area contributed by atoms with Crippen LogP contribution in [0, 0.1) is 6.92 Å². The van der Waals surface area contributed by atoms with E-state index in [4.69, 9.17) is 9.26 Å². The number of benzene rings is 1. The molecule has 2 aliphatic rings. The summed E-state index contributed by atoms with van der Waals surface area (Å²) in [5.41, 5.74) is 1.75. The summed E-state index contributed by atoms with van der Waals surface area (Å²) in [5.74, 6) is 2.13. The van der Waals surface area contributed by atoms with Crippen LogP contribution in [0.5, 0.6) is 5.75 Å². The van der Waals surface area contributed by atoms with Crippen molar-refractivity contribution in [2.24, 2.45) is 0 Å². The first-order chi connectivity index (χ1) is 11.6. The Balaban J connectivity index is 1.67. The third-order valence-corrected chi connectivity index (χ3v) is 5.13. The Bertz CT molecular complexity index is 786. The SMILES string of the molecule is Cc1nc([C@@H]2CCCN2C(=O)c2cccc3c2O[C@@H](C)[C@@H]3C)no1. The third kappa shape index (κ3) is 2.28. The lowest BCUT2D eigenvalue weighted by Gasteiger charge is -2.23. The number of hydrogen-bond acceptors (Lipinski definition) is 5. The Kier molecular flexibility index (Phi) is 3.55. The molecule has 126 valence electrons. The number of likely N-dealkylation sites (tertiary alicyclic amines) is 1. The molecule has 1 saturated heterocycles. The average Bonchev–Trinajstić information content (AvgIpc) is 3.27. The second-order valence-corrected chi connectivity index (χ2v) is 6.66. The third-order valence-electron chi connectivity index (χ3n) is 5.13. The predicted molar refractivity (Wildman–Crippen MR) is 87.0 cm³/mol. The number of carbonyl (C=O) groups is 1. The summed E-state index contributed by atoms with van der Waals surface area (Å²) in [6.07, 6.45) is 1.88. The van der Waals surface area contributed by atoms with Crippen molar-refractivity contribution in [1.29, 1.82) is 0 Å². The zero-order valence-electron chi connectivity index (χ0n) is 14.2. The van der Waals surface area contributed by atoms with Crippen molar-refractivity contribution in [1.82, 2.24) is 15.0 Å². The van der Waals surface area contributed by atoms with Crippen molar-refractivity contribution in [2.45, 2.75) is 51.7 Å². The highest BCUT2D eigenvalue weighted by Gasteiger charge is 2.37. The van der Waals surface area contributed by atoms with Crippen LogP contribution >= 0.6 is 0 Å². The Morgan fingerprint density at radius 3 is 2.92 bits per heavy atom. The number of ether oxygens (including phenoxy) is 1. The largest absolute Gasteiger partial charge is 0.489 e. The van der Waals surface area contributed by atoms with E-state index in [-0.39, 0.29) is 18.1 Å². The number of nitrogens with zero attached hydrogens (tertiary/aromatic N) is 3. The molecule has 2 aromatic rings. The summed E-state index contributed by atoms with van der Waals surface area (Å²) in [7, 11) is 0. The summed E-state index contributed by atoms with van der Waals surface area (Å²) in [5, 5.41) is 4.01. The highest BCUT2D eigenvalue weighted by atomic mass is 16.5. The lowest BCUT2D eigenvalue weighted by Crippen LogP contribution is -2.31. The van der Waals surface area contributed by atoms with Gasteiger partial charge in [0.15, 0.2) is 5.82 Å². The average molecular weight is 327 g/mol. The minimum atomic E-state index is -0.123. The van der Waals surface area contributed by atoms with Gasteiger partial charge in [-0.05, 0) is 25.8 Å². The summed E-state index contributed by atoms with van der Waals surface area (Å²) in [6, 6.07) is 5.71. The number of amides is 1. The molecule has 1 aromatic carbocycles. The van der Waals surface area contributed by atoms with Gasteiger partial charge in [0, 0.05) is 24.9 Å². The second-order valence-electron chi connectivity index (χ2n) is 6.66. The zero-order valence-corrected chi connectivity index (χ0v) is 14.2. The van der Waals surface area contributed by atoms with Crippen molar-refractivity contribution in [3.8, 4) is 5.75 Å². The Morgan fingerprint density at radius 2 is 2.17 bits per heavy atom. The molecule has 2 aliphatic heterocycles. The fourth-order valence-corrected chi connectivity index (χ4v) is 3.64. The minimum Gasteiger partial charge on any atom is -0.489 e. The summed E-state index contributed by atoms with van der Waals surface area (Å²) >= 11 is 0. The van der Waals surface area contributed by atoms with E-state index in [1.54, 1.807) is 6.92 Å². The maximum absolute atomic E-state index is 13.2. The van der Waals surface area contributed by atoms with Crippen LogP contribution in [0.4, 0.5) is 0 Å². The normalized spacial score (nSPS) is 25.6. The van der Waals surface area contributed by atoms with E-state index in [9.17, 15) is 4.79 Å². The molecular weight excluding hydrogens is 306 g/mol. The molecule has 4 rings (SSSR count). The molecule has 1 amide bonds. The van der Waals surface area contributed by atoms with Gasteiger partial charge in [0.05, 0.1) is 11.6 Å². The Labute approximate surface area is 140 Å². The van der Waals surface area contributed by atoms with E-state index in [2.05, 4.69) is 17.1 Å². The van der Waals surface area contributed by atoms with E-state index >= 15 is 0 Å². The number of aryl methyl sites for hydroxylation is 1. The summed E-state index contributed by atoms with van der Waals surface area (Å²) < 4.78 is 11.1. The molecule has 1 aromatic heterocycles. The number of carbonyl (C=O) groups excluding carboxylic acids is 1. The first kappa shape index (κ1) is 15.2. The number of rotatable bonds is 2. The Morgan fingerprint density at radius 1 is 1.33 bits per heavy atom. The highest BCUT2D eigenvalue weighted by molar-refractivity contribution is 5.98. The van der Waals surface area contributed by atoms with Gasteiger partial charge in [0.1, 0.15) is 11.9 Å². The number of para-hydroxylation sites is 1. The number of fused-ring (bicyclic) bond motifs is 1. The van der Waals surface area contributed by atoms with Crippen molar-refractivity contribution in [3.63, 3.8) is 0 Å². The van der Waals surface area contributed by atoms with Gasteiger partial charge in [-0.1, -0.05) is 24.2 Å². The van der Waals surface area contributed by atoms with Crippen molar-refractivity contribution >= 4 is 5.91 Å². The fourth-order valence-electron chi connectivity index (χ4n) is 3.64. The van der Waals surface area contributed by atoms with Crippen LogP contribution in [0.15, 0.2) is 22.7 Å². The summed E-state index contributed by atoms with van der Waals surface area (Å²) in [4.78, 5) is 19.3. The zero-order chi connectivity index (χ0) is 16.8. The van der Waals surface area contributed by atoms with Crippen molar-refractivity contribution < 1.29 is 14.1 Å². The molecule has 24 heavy (non-hydrogen) atoms. The van der Waals surface area contributed by atoms with Gasteiger partial charge in [-0.25, -0.2) is 0 Å². The quantitative estimate of drug-likeness (QED) is 0.847. The van der Waals surface area contributed by atoms with Gasteiger partial charge in [-0.3, -0.25) is 4.79 Å². The molecule has 6 heteroatoms. The molecule has 0 saturated carbocycles. The molecule has 1 fully saturated rings. The fraction of sp³-hybridized carbons (Fsp3) is 0.500. The molecule has 0 spiro atoms. The van der Waals surface area contributed by atoms with Crippen LogP contribution in [0.2, 0.25) is 0 Å². The highest BCUT2D eigenvalue weighted by Crippen LogP contribution is 2.42. The number of aromatic nitrogens is 2. The van der Waals surface area contributed by atoms with Crippen molar-refractivity contribution in [2.75, 3.05) is 6.54 Å². The number of hydrogen-bond donors (Lipinski definition) is 0. The topological polar surface area (TPSA) is 68.5 Å². The van der Waals surface area contributed by atoms with Crippen molar-refractivity contribution in [3.05, 3.63) is 41.0 Å². The summed E-state index contributed by atoms with van der Waals surface area (Å²) in [6.45, 7) is 6.63. The van der Waals surface area contributed by atoms with Gasteiger partial charge >= 0.3 is 0 Å². The lowest BCUT2D eigenvalue weighted by atomic mass is 9.96. The van der Waals surface area contributed by atoms with E-state index in [0.717, 1.165) is 24.2 Å². The van der Waals surface area contributed by atoms with Crippen LogP contribution in [0.25, 0.3) is 0 Å². The van der Waals surface area contributed by atoms with Crippen LogP contribution in [0.1, 0.15) is 66.3 Å². The molecule has 0 radical (unpaired) electrons. The van der Waals surface area contributed by atoms with E-state index in [1.807, 2.05) is 30.0 Å². The van der Waals surface area contributed by atoms with Gasteiger partial charge in [-0.15, -0.1) is 0 Å². The van der Waals surface area contributed by atoms with Crippen LogP contribution in [-0.2, 0) is 0 Å². The van der Waals surface area contributed by atoms with Crippen LogP contribution < -0.4 is 4.74 Å². The first-order valence-corrected chi connectivity index (χ1v) is 8.47.